The molecule has 1 N–H and O–H groups in total. The van der Waals surface area contributed by atoms with Crippen LogP contribution in [0.25, 0.3) is 28.0 Å². The molecule has 1 aromatic carbocycles. The fourth-order valence-electron chi connectivity index (χ4n) is 3.23. The average Bonchev–Trinajstić information content (AvgIpc) is 3.21. The van der Waals surface area contributed by atoms with Gasteiger partial charge in [0.2, 0.25) is 0 Å². The Labute approximate surface area is 172 Å². The number of fused-ring (bicyclic) bond motifs is 1. The van der Waals surface area contributed by atoms with Crippen LogP contribution in [0.15, 0.2) is 59.9 Å². The number of benzene rings is 1. The summed E-state index contributed by atoms with van der Waals surface area (Å²) in [6.45, 7) is 3.56. The van der Waals surface area contributed by atoms with Gasteiger partial charge in [0.05, 0.1) is 35.8 Å². The van der Waals surface area contributed by atoms with Crippen LogP contribution in [0.5, 0.6) is 0 Å². The van der Waals surface area contributed by atoms with Crippen LogP contribution < -0.4 is 0 Å². The maximum absolute atomic E-state index is 12.5. The van der Waals surface area contributed by atoms with E-state index in [4.69, 9.17) is 9.94 Å². The van der Waals surface area contributed by atoms with Crippen molar-refractivity contribution >= 4 is 22.6 Å². The van der Waals surface area contributed by atoms with E-state index in [1.807, 2.05) is 43.3 Å². The number of carbonyl (C=O) groups is 1. The van der Waals surface area contributed by atoms with E-state index in [0.29, 0.717) is 44.9 Å². The minimum absolute atomic E-state index is 0.378. The van der Waals surface area contributed by atoms with E-state index in [1.165, 1.54) is 7.11 Å². The van der Waals surface area contributed by atoms with Crippen LogP contribution in [0.2, 0.25) is 0 Å². The van der Waals surface area contributed by atoms with Crippen LogP contribution in [-0.4, -0.2) is 43.7 Å². The Morgan fingerprint density at radius 1 is 1.13 bits per heavy atom. The lowest BCUT2D eigenvalue weighted by atomic mass is 10.0. The van der Waals surface area contributed by atoms with Crippen LogP contribution in [0.3, 0.4) is 0 Å². The maximum Gasteiger partial charge on any atom is 0.338 e. The van der Waals surface area contributed by atoms with Crippen molar-refractivity contribution in [3.05, 3.63) is 71.7 Å². The van der Waals surface area contributed by atoms with Gasteiger partial charge in [0.25, 0.3) is 0 Å². The van der Waals surface area contributed by atoms with Gasteiger partial charge in [-0.25, -0.2) is 19.4 Å². The first-order valence-electron chi connectivity index (χ1n) is 9.22. The largest absolute Gasteiger partial charge is 0.465 e. The van der Waals surface area contributed by atoms with E-state index in [0.717, 1.165) is 5.69 Å². The smallest absolute Gasteiger partial charge is 0.338 e. The first-order chi connectivity index (χ1) is 14.5. The molecule has 30 heavy (non-hydrogen) atoms. The third-order valence-corrected chi connectivity index (χ3v) is 4.75. The first-order valence-corrected chi connectivity index (χ1v) is 9.22. The van der Waals surface area contributed by atoms with Crippen LogP contribution in [-0.2, 0) is 4.74 Å². The third-order valence-electron chi connectivity index (χ3n) is 4.75. The molecular formula is C22H19N5O3. The number of pyridine rings is 2. The summed E-state index contributed by atoms with van der Waals surface area (Å²) in [4.78, 5) is 21.6. The maximum atomic E-state index is 12.5. The molecule has 8 heteroatoms. The van der Waals surface area contributed by atoms with Crippen molar-refractivity contribution in [2.45, 2.75) is 13.8 Å². The van der Waals surface area contributed by atoms with Gasteiger partial charge in [0.15, 0.2) is 5.82 Å². The zero-order valence-corrected chi connectivity index (χ0v) is 16.7. The summed E-state index contributed by atoms with van der Waals surface area (Å²) in [5.74, 6) is 0.172. The Hall–Kier alpha value is -4.07. The third kappa shape index (κ3) is 3.39. The topological polar surface area (TPSA) is 102 Å². The molecule has 0 aliphatic heterocycles. The molecule has 4 aromatic rings. The van der Waals surface area contributed by atoms with Crippen LogP contribution in [0, 0.1) is 6.92 Å². The summed E-state index contributed by atoms with van der Waals surface area (Å²) in [6, 6.07) is 14.7. The van der Waals surface area contributed by atoms with E-state index in [-0.39, 0.29) is 0 Å². The quantitative estimate of drug-likeness (QED) is 0.242. The molecular weight excluding hydrogens is 382 g/mol. The zero-order valence-electron chi connectivity index (χ0n) is 16.7. The van der Waals surface area contributed by atoms with Gasteiger partial charge in [-0.05, 0) is 50.2 Å². The molecule has 0 atom stereocenters. The van der Waals surface area contributed by atoms with E-state index in [1.54, 1.807) is 29.9 Å². The number of hydrogen-bond donors (Lipinski definition) is 1. The fraction of sp³-hybridized carbons (Fsp3) is 0.136. The van der Waals surface area contributed by atoms with Crippen LogP contribution in [0.1, 0.15) is 28.7 Å². The molecule has 0 unspecified atom stereocenters. The standard InChI is InChI=1S/C22H19N5O3/c1-13-6-4-9-21(24-13)27-20-11-15(10-16(22(28)30-3)17(20)12-23-27)19-8-5-7-18(25-19)14(2)26-29/h4-12,29H,1-3H3. The molecule has 4 rings (SSSR count). The lowest BCUT2D eigenvalue weighted by Gasteiger charge is -2.09. The van der Waals surface area contributed by atoms with Gasteiger partial charge >= 0.3 is 5.97 Å². The normalized spacial score (nSPS) is 11.6. The zero-order chi connectivity index (χ0) is 21.3. The van der Waals surface area contributed by atoms with Gasteiger partial charge in [0.1, 0.15) is 5.71 Å². The van der Waals surface area contributed by atoms with Gasteiger partial charge in [-0.15, -0.1) is 0 Å². The number of nitrogens with zero attached hydrogens (tertiary/aromatic N) is 5. The molecule has 150 valence electrons. The molecule has 0 bridgehead atoms. The summed E-state index contributed by atoms with van der Waals surface area (Å²) in [7, 11) is 1.34. The van der Waals surface area contributed by atoms with Gasteiger partial charge in [-0.1, -0.05) is 17.3 Å². The van der Waals surface area contributed by atoms with Crippen molar-refractivity contribution in [1.29, 1.82) is 0 Å². The molecule has 0 aliphatic rings. The number of esters is 1. The number of ether oxygens (including phenoxy) is 1. The minimum atomic E-state index is -0.470. The molecule has 8 nitrogen and oxygen atoms in total. The molecule has 0 saturated heterocycles. The highest BCUT2D eigenvalue weighted by Gasteiger charge is 2.18. The molecule has 0 saturated carbocycles. The van der Waals surface area contributed by atoms with Gasteiger partial charge in [-0.3, -0.25) is 0 Å². The Balaban J connectivity index is 1.97. The predicted molar refractivity (Wildman–Crippen MR) is 112 cm³/mol. The summed E-state index contributed by atoms with van der Waals surface area (Å²) in [6.07, 6.45) is 1.63. The number of carbonyl (C=O) groups excluding carboxylic acids is 1. The van der Waals surface area contributed by atoms with Gasteiger partial charge in [0, 0.05) is 16.6 Å². The second kappa shape index (κ2) is 7.75. The lowest BCUT2D eigenvalue weighted by molar-refractivity contribution is 0.0603. The number of hydrogen-bond acceptors (Lipinski definition) is 7. The van der Waals surface area contributed by atoms with Crippen molar-refractivity contribution in [2.75, 3.05) is 7.11 Å². The van der Waals surface area contributed by atoms with Crippen molar-refractivity contribution in [1.82, 2.24) is 19.7 Å². The summed E-state index contributed by atoms with van der Waals surface area (Å²) in [5.41, 5.74) is 4.17. The van der Waals surface area contributed by atoms with Crippen molar-refractivity contribution in [3.63, 3.8) is 0 Å². The lowest BCUT2D eigenvalue weighted by Crippen LogP contribution is -2.05. The molecule has 0 amide bonds. The highest BCUT2D eigenvalue weighted by molar-refractivity contribution is 6.05. The van der Waals surface area contributed by atoms with Crippen molar-refractivity contribution < 1.29 is 14.7 Å². The Kier molecular flexibility index (Phi) is 4.97. The summed E-state index contributed by atoms with van der Waals surface area (Å²) < 4.78 is 6.67. The molecule has 0 aliphatic carbocycles. The fourth-order valence-corrected chi connectivity index (χ4v) is 3.23. The Bertz CT molecular complexity index is 1290. The SMILES string of the molecule is COC(=O)c1cc(-c2cccc(C(C)=NO)n2)cc2c1cnn2-c1cccc(C)n1. The first kappa shape index (κ1) is 19.3. The molecule has 3 aromatic heterocycles. The van der Waals surface area contributed by atoms with E-state index >= 15 is 0 Å². The second-order valence-electron chi connectivity index (χ2n) is 6.74. The Morgan fingerprint density at radius 3 is 2.67 bits per heavy atom. The van der Waals surface area contributed by atoms with Gasteiger partial charge in [-0.2, -0.15) is 5.10 Å². The predicted octanol–water partition coefficient (Wildman–Crippen LogP) is 3.78. The van der Waals surface area contributed by atoms with Crippen LogP contribution >= 0.6 is 0 Å². The monoisotopic (exact) mass is 401 g/mol. The number of methoxy groups -OCH3 is 1. The van der Waals surface area contributed by atoms with Gasteiger partial charge < -0.3 is 9.94 Å². The van der Waals surface area contributed by atoms with E-state index < -0.39 is 5.97 Å². The molecule has 3 heterocycles. The second-order valence-corrected chi connectivity index (χ2v) is 6.74. The minimum Gasteiger partial charge on any atom is -0.465 e. The average molecular weight is 401 g/mol. The molecule has 0 radical (unpaired) electrons. The van der Waals surface area contributed by atoms with Crippen molar-refractivity contribution in [3.8, 4) is 17.1 Å². The van der Waals surface area contributed by atoms with E-state index in [2.05, 4.69) is 20.2 Å². The summed E-state index contributed by atoms with van der Waals surface area (Å²) >= 11 is 0. The summed E-state index contributed by atoms with van der Waals surface area (Å²) in [5, 5.41) is 17.4. The number of aromatic nitrogens is 4. The highest BCUT2D eigenvalue weighted by Crippen LogP contribution is 2.29. The molecule has 0 fully saturated rings. The number of rotatable bonds is 4. The van der Waals surface area contributed by atoms with Crippen molar-refractivity contribution in [2.24, 2.45) is 5.16 Å². The highest BCUT2D eigenvalue weighted by atomic mass is 16.5. The number of aryl methyl sites for hydroxylation is 1. The molecule has 0 spiro atoms. The van der Waals surface area contributed by atoms with E-state index in [9.17, 15) is 4.79 Å². The number of oxime groups is 1. The Morgan fingerprint density at radius 2 is 1.93 bits per heavy atom. The van der Waals surface area contributed by atoms with Crippen LogP contribution in [0.4, 0.5) is 0 Å².